The van der Waals surface area contributed by atoms with E-state index >= 15 is 0 Å². The van der Waals surface area contributed by atoms with Crippen LogP contribution in [0, 0.1) is 0 Å². The highest BCUT2D eigenvalue weighted by Gasteiger charge is 2.25. The van der Waals surface area contributed by atoms with E-state index in [0.29, 0.717) is 6.42 Å². The van der Waals surface area contributed by atoms with Gasteiger partial charge in [0.2, 0.25) is 5.91 Å². The zero-order valence-electron chi connectivity index (χ0n) is 8.37. The Kier molecular flexibility index (Phi) is 7.82. The quantitative estimate of drug-likeness (QED) is 0.567. The van der Waals surface area contributed by atoms with Crippen molar-refractivity contribution in [3.63, 3.8) is 0 Å². The van der Waals surface area contributed by atoms with Crippen molar-refractivity contribution >= 4 is 21.8 Å². The molecule has 2 nitrogen and oxygen atoms in total. The van der Waals surface area contributed by atoms with E-state index in [2.05, 4.69) is 21.2 Å². The van der Waals surface area contributed by atoms with Gasteiger partial charge in [-0.05, 0) is 19.3 Å². The molecule has 0 aliphatic carbocycles. The highest BCUT2D eigenvalue weighted by Crippen LogP contribution is 2.20. The first-order chi connectivity index (χ1) is 6.95. The Morgan fingerprint density at radius 2 is 1.87 bits per heavy atom. The van der Waals surface area contributed by atoms with Gasteiger partial charge in [-0.15, -0.1) is 0 Å². The second-order valence-corrected chi connectivity index (χ2v) is 4.01. The lowest BCUT2D eigenvalue weighted by Gasteiger charge is -2.07. The van der Waals surface area contributed by atoms with E-state index in [-0.39, 0.29) is 18.9 Å². The van der Waals surface area contributed by atoms with Crippen LogP contribution in [-0.4, -0.2) is 24.0 Å². The van der Waals surface area contributed by atoms with Gasteiger partial charge in [-0.25, -0.2) is 0 Å². The second kappa shape index (κ2) is 7.96. The molecule has 0 aliphatic heterocycles. The molecule has 0 saturated heterocycles. The number of carbonyl (C=O) groups is 1. The Morgan fingerprint density at radius 1 is 1.20 bits per heavy atom. The molecule has 90 valence electrons. The Balaban J connectivity index is 3.32. The van der Waals surface area contributed by atoms with Gasteiger partial charge in [0, 0.05) is 24.7 Å². The predicted molar refractivity (Wildman–Crippen MR) is 55.9 cm³/mol. The van der Waals surface area contributed by atoms with Gasteiger partial charge in [0.15, 0.2) is 0 Å². The number of hydrogen-bond acceptors (Lipinski definition) is 1. The number of halogens is 4. The van der Waals surface area contributed by atoms with E-state index in [1.807, 2.05) is 0 Å². The zero-order chi connectivity index (χ0) is 11.7. The molecule has 0 aliphatic rings. The Morgan fingerprint density at radius 3 is 2.40 bits per heavy atom. The van der Waals surface area contributed by atoms with Crippen LogP contribution in [0.4, 0.5) is 13.2 Å². The Hall–Kier alpha value is -0.260. The van der Waals surface area contributed by atoms with Gasteiger partial charge >= 0.3 is 6.18 Å². The van der Waals surface area contributed by atoms with E-state index < -0.39 is 12.6 Å². The number of alkyl halides is 4. The van der Waals surface area contributed by atoms with Gasteiger partial charge in [0.1, 0.15) is 0 Å². The third-order valence-electron chi connectivity index (χ3n) is 1.75. The molecule has 0 saturated carbocycles. The monoisotopic (exact) mass is 289 g/mol. The lowest BCUT2D eigenvalue weighted by Crippen LogP contribution is -2.25. The molecule has 0 heterocycles. The fourth-order valence-electron chi connectivity index (χ4n) is 0.985. The van der Waals surface area contributed by atoms with Gasteiger partial charge in [0.25, 0.3) is 0 Å². The van der Waals surface area contributed by atoms with Gasteiger partial charge in [0.05, 0.1) is 0 Å². The summed E-state index contributed by atoms with van der Waals surface area (Å²) in [6.45, 7) is 0.104. The molecule has 6 heteroatoms. The van der Waals surface area contributed by atoms with Crippen LogP contribution in [0.5, 0.6) is 0 Å². The molecule has 0 radical (unpaired) electrons. The van der Waals surface area contributed by atoms with Gasteiger partial charge < -0.3 is 5.32 Å². The summed E-state index contributed by atoms with van der Waals surface area (Å²) in [6.07, 6.45) is -2.97. The summed E-state index contributed by atoms with van der Waals surface area (Å²) in [5, 5.41) is 3.30. The highest BCUT2D eigenvalue weighted by atomic mass is 79.9. The molecular weight excluding hydrogens is 275 g/mol. The minimum absolute atomic E-state index is 0.0479. The summed E-state index contributed by atoms with van der Waals surface area (Å²) in [5.74, 6) is -0.168. The van der Waals surface area contributed by atoms with Crippen molar-refractivity contribution in [2.75, 3.05) is 11.9 Å². The lowest BCUT2D eigenvalue weighted by atomic mass is 10.2. The van der Waals surface area contributed by atoms with Crippen molar-refractivity contribution in [3.8, 4) is 0 Å². The fourth-order valence-corrected chi connectivity index (χ4v) is 1.38. The second-order valence-electron chi connectivity index (χ2n) is 3.21. The van der Waals surface area contributed by atoms with Crippen LogP contribution >= 0.6 is 15.9 Å². The maximum atomic E-state index is 11.7. The summed E-state index contributed by atoms with van der Waals surface area (Å²) < 4.78 is 35.1. The van der Waals surface area contributed by atoms with Crippen LogP contribution in [0.15, 0.2) is 0 Å². The molecule has 1 amide bonds. The highest BCUT2D eigenvalue weighted by molar-refractivity contribution is 9.09. The molecule has 1 N–H and O–H groups in total. The number of rotatable bonds is 7. The smallest absolute Gasteiger partial charge is 0.356 e. The molecule has 0 unspecified atom stereocenters. The molecule has 0 fully saturated rings. The minimum atomic E-state index is -4.12. The Labute approximate surface area is 95.7 Å². The SMILES string of the molecule is O=C(CCCCBr)NCCCC(F)(F)F. The molecule has 0 aromatic rings. The first-order valence-corrected chi connectivity index (χ1v) is 5.97. The summed E-state index contributed by atoms with van der Waals surface area (Å²) >= 11 is 3.23. The fraction of sp³-hybridized carbons (Fsp3) is 0.889. The minimum Gasteiger partial charge on any atom is -0.356 e. The van der Waals surface area contributed by atoms with Gasteiger partial charge in [-0.3, -0.25) is 4.79 Å². The van der Waals surface area contributed by atoms with Gasteiger partial charge in [-0.2, -0.15) is 13.2 Å². The van der Waals surface area contributed by atoms with Crippen LogP contribution < -0.4 is 5.32 Å². The summed E-state index contributed by atoms with van der Waals surface area (Å²) in [6, 6.07) is 0. The van der Waals surface area contributed by atoms with Crippen molar-refractivity contribution in [2.45, 2.75) is 38.3 Å². The zero-order valence-corrected chi connectivity index (χ0v) is 9.96. The van der Waals surface area contributed by atoms with Crippen molar-refractivity contribution in [3.05, 3.63) is 0 Å². The molecule has 0 aromatic carbocycles. The van der Waals surface area contributed by atoms with E-state index in [1.165, 1.54) is 0 Å². The normalized spacial score (nSPS) is 11.5. The Bertz CT molecular complexity index is 185. The van der Waals surface area contributed by atoms with Crippen molar-refractivity contribution in [1.82, 2.24) is 5.32 Å². The van der Waals surface area contributed by atoms with Crippen LogP contribution in [0.3, 0.4) is 0 Å². The van der Waals surface area contributed by atoms with E-state index in [9.17, 15) is 18.0 Å². The van der Waals surface area contributed by atoms with E-state index in [4.69, 9.17) is 0 Å². The number of carbonyl (C=O) groups excluding carboxylic acids is 1. The third kappa shape index (κ3) is 11.7. The summed E-state index contributed by atoms with van der Waals surface area (Å²) in [4.78, 5) is 11.0. The average Bonchev–Trinajstić information content (AvgIpc) is 2.11. The molecule has 0 spiro atoms. The van der Waals surface area contributed by atoms with Crippen LogP contribution in [-0.2, 0) is 4.79 Å². The molecule has 0 atom stereocenters. The molecule has 15 heavy (non-hydrogen) atoms. The maximum Gasteiger partial charge on any atom is 0.389 e. The largest absolute Gasteiger partial charge is 0.389 e. The van der Waals surface area contributed by atoms with Crippen molar-refractivity contribution < 1.29 is 18.0 Å². The topological polar surface area (TPSA) is 29.1 Å². The third-order valence-corrected chi connectivity index (χ3v) is 2.31. The van der Waals surface area contributed by atoms with Crippen LogP contribution in [0.25, 0.3) is 0 Å². The lowest BCUT2D eigenvalue weighted by molar-refractivity contribution is -0.136. The molecule has 0 aromatic heterocycles. The van der Waals surface area contributed by atoms with Crippen LogP contribution in [0.2, 0.25) is 0 Å². The number of hydrogen-bond donors (Lipinski definition) is 1. The first-order valence-electron chi connectivity index (χ1n) is 4.85. The van der Waals surface area contributed by atoms with Crippen molar-refractivity contribution in [2.24, 2.45) is 0 Å². The van der Waals surface area contributed by atoms with Gasteiger partial charge in [-0.1, -0.05) is 15.9 Å². The standard InChI is InChI=1S/C9H15BrF3NO/c10-6-2-1-4-8(15)14-7-3-5-9(11,12)13/h1-7H2,(H,14,15). The number of amides is 1. The van der Waals surface area contributed by atoms with Crippen LogP contribution in [0.1, 0.15) is 32.1 Å². The molecule has 0 bridgehead atoms. The average molecular weight is 290 g/mol. The summed E-state index contributed by atoms with van der Waals surface area (Å²) in [7, 11) is 0. The number of nitrogens with one attached hydrogen (secondary N) is 1. The molecule has 0 rings (SSSR count). The van der Waals surface area contributed by atoms with Crippen molar-refractivity contribution in [1.29, 1.82) is 0 Å². The molecular formula is C9H15BrF3NO. The van der Waals surface area contributed by atoms with E-state index in [1.54, 1.807) is 0 Å². The first kappa shape index (κ1) is 14.7. The predicted octanol–water partition coefficient (Wildman–Crippen LogP) is 3.01. The number of unbranched alkanes of at least 4 members (excludes halogenated alkanes) is 1. The maximum absolute atomic E-state index is 11.7. The summed E-state index contributed by atoms with van der Waals surface area (Å²) in [5.41, 5.74) is 0. The van der Waals surface area contributed by atoms with E-state index in [0.717, 1.165) is 18.2 Å².